The number of nitrogens with zero attached hydrogens (tertiary/aromatic N) is 2. The molecular weight excluding hydrogens is 635 g/mol. The molecule has 5 heterocycles. The van der Waals surface area contributed by atoms with Crippen molar-refractivity contribution < 1.29 is 25.5 Å². The molecule has 10 nitrogen and oxygen atoms in total. The smallest absolute Gasteiger partial charge is 0.311 e. The normalized spacial score (nSPS) is 12.0. The fourth-order valence-corrected chi connectivity index (χ4v) is 4.77. The standard InChI is InChI=1S/C20H14N4.C10H25ClN4O2S.Cu/c1-2-14-10-16-5-6-18(23-16)12-20-8-7-19(24-20)11-17-4-3-15(22-17)9-13(1)21-14;1-2-3-4-5-6-7-8-9-10-12-13-14-15-18(11,16)17;/h1-12,21-22H;12-15H,2-10H2,1H3;. The van der Waals surface area contributed by atoms with Crippen LogP contribution in [0.4, 0.5) is 0 Å². The first-order valence-electron chi connectivity index (χ1n) is 14.3. The molecule has 0 unspecified atom stereocenters. The Balaban J connectivity index is 0.000000242. The Hall–Kier alpha value is -2.80. The molecule has 0 fully saturated rings. The van der Waals surface area contributed by atoms with E-state index in [1.165, 1.54) is 44.9 Å². The minimum absolute atomic E-state index is 0. The second kappa shape index (κ2) is 18.1. The van der Waals surface area contributed by atoms with E-state index in [1.54, 1.807) is 0 Å². The molecule has 0 amide bonds. The van der Waals surface area contributed by atoms with Gasteiger partial charge in [-0.05, 0) is 79.3 Å². The molecule has 0 aromatic carbocycles. The van der Waals surface area contributed by atoms with Gasteiger partial charge in [0.15, 0.2) is 0 Å². The molecule has 0 atom stereocenters. The molecule has 0 spiro atoms. The van der Waals surface area contributed by atoms with Crippen molar-refractivity contribution in [3.63, 3.8) is 0 Å². The second-order valence-electron chi connectivity index (χ2n) is 10.1. The van der Waals surface area contributed by atoms with Crippen LogP contribution in [0.2, 0.25) is 0 Å². The molecule has 0 saturated heterocycles. The summed E-state index contributed by atoms with van der Waals surface area (Å²) in [7, 11) is 1.17. The van der Waals surface area contributed by atoms with Crippen molar-refractivity contribution in [2.45, 2.75) is 58.3 Å². The average molecular weight is 675 g/mol. The van der Waals surface area contributed by atoms with Gasteiger partial charge in [-0.25, -0.2) is 15.4 Å². The number of nitrogens with one attached hydrogen (secondary N) is 6. The van der Waals surface area contributed by atoms with Crippen molar-refractivity contribution in [2.75, 3.05) is 6.54 Å². The number of halogens is 1. The topological polar surface area (TPSA) is 140 Å². The molecule has 235 valence electrons. The van der Waals surface area contributed by atoms with Crippen LogP contribution < -0.4 is 21.3 Å². The Morgan fingerprint density at radius 1 is 0.651 bits per heavy atom. The fraction of sp³-hybridized carbons (Fsp3) is 0.333. The van der Waals surface area contributed by atoms with Crippen LogP contribution in [0.3, 0.4) is 0 Å². The molecule has 2 aliphatic heterocycles. The van der Waals surface area contributed by atoms with Gasteiger partial charge in [0.1, 0.15) is 0 Å². The minimum Gasteiger partial charge on any atom is -0.355 e. The summed E-state index contributed by atoms with van der Waals surface area (Å²) in [6.45, 7) is 2.99. The summed E-state index contributed by atoms with van der Waals surface area (Å²) >= 11 is 0. The molecule has 0 aliphatic carbocycles. The van der Waals surface area contributed by atoms with E-state index in [9.17, 15) is 8.42 Å². The van der Waals surface area contributed by atoms with Crippen molar-refractivity contribution in [3.8, 4) is 0 Å². The molecule has 2 aliphatic rings. The number of hydrogen-bond acceptors (Lipinski definition) is 7. The summed E-state index contributed by atoms with van der Waals surface area (Å²) in [4.78, 5) is 17.9. The maximum Gasteiger partial charge on any atom is 0.311 e. The molecule has 3 aromatic heterocycles. The van der Waals surface area contributed by atoms with E-state index in [0.717, 1.165) is 57.8 Å². The Morgan fingerprint density at radius 2 is 1.09 bits per heavy atom. The second-order valence-corrected chi connectivity index (χ2v) is 12.4. The largest absolute Gasteiger partial charge is 0.355 e. The van der Waals surface area contributed by atoms with Crippen LogP contribution in [0.25, 0.3) is 46.4 Å². The number of H-pyrrole nitrogens is 2. The number of hydrogen-bond donors (Lipinski definition) is 6. The van der Waals surface area contributed by atoms with Crippen LogP contribution in [0, 0.1) is 0 Å². The van der Waals surface area contributed by atoms with E-state index in [-0.39, 0.29) is 17.1 Å². The molecule has 6 N–H and O–H groups in total. The zero-order valence-corrected chi connectivity index (χ0v) is 26.6. The van der Waals surface area contributed by atoms with Crippen LogP contribution in [0.5, 0.6) is 0 Å². The summed E-state index contributed by atoms with van der Waals surface area (Å²) in [5.74, 6) is 0. The monoisotopic (exact) mass is 673 g/mol. The average Bonchev–Trinajstić information content (AvgIpc) is 3.76. The Morgan fingerprint density at radius 3 is 1.58 bits per heavy atom. The maximum absolute atomic E-state index is 10.4. The fourth-order valence-electron chi connectivity index (χ4n) is 4.48. The van der Waals surface area contributed by atoms with Gasteiger partial charge in [-0.3, -0.25) is 0 Å². The summed E-state index contributed by atoms with van der Waals surface area (Å²) < 4.78 is 20.9. The predicted molar refractivity (Wildman–Crippen MR) is 174 cm³/mol. The van der Waals surface area contributed by atoms with E-state index in [0.29, 0.717) is 0 Å². The van der Waals surface area contributed by atoms with Crippen LogP contribution in [0.15, 0.2) is 48.5 Å². The van der Waals surface area contributed by atoms with Crippen LogP contribution >= 0.6 is 10.7 Å². The van der Waals surface area contributed by atoms with Gasteiger partial charge in [-0.1, -0.05) is 51.9 Å². The summed E-state index contributed by atoms with van der Waals surface area (Å²) in [5.41, 5.74) is 15.4. The van der Waals surface area contributed by atoms with Gasteiger partial charge >= 0.3 is 9.24 Å². The molecular formula is C30H39ClCuN8O2S. The van der Waals surface area contributed by atoms with Crippen LogP contribution in [-0.4, -0.2) is 34.9 Å². The number of unbranched alkanes of at least 4 members (excludes halogenated alkanes) is 7. The SMILES string of the molecule is C1=Cc2cc3ccc(cc4ccc(cc5nc(cc1n2)C=C5)[nH]4)[nH]3.CCCCCCCCCCNNNNS(=O)(=O)Cl.[Cu]. The third-order valence-corrected chi connectivity index (χ3v) is 7.10. The van der Waals surface area contributed by atoms with Gasteiger partial charge in [0.2, 0.25) is 0 Å². The third-order valence-electron chi connectivity index (χ3n) is 6.52. The molecule has 0 saturated carbocycles. The Bertz CT molecular complexity index is 1550. The first-order chi connectivity index (χ1) is 20.4. The third kappa shape index (κ3) is 13.2. The number of fused-ring (bicyclic) bond motifs is 8. The van der Waals surface area contributed by atoms with Crippen molar-refractivity contribution >= 4 is 66.3 Å². The summed E-state index contributed by atoms with van der Waals surface area (Å²) in [6, 6.07) is 16.4. The molecule has 43 heavy (non-hydrogen) atoms. The molecule has 8 bridgehead atoms. The molecule has 1 radical (unpaired) electrons. The van der Waals surface area contributed by atoms with Gasteiger partial charge in [-0.2, -0.15) is 19.5 Å². The quantitative estimate of drug-likeness (QED) is 0.0370. The van der Waals surface area contributed by atoms with Gasteiger partial charge in [-0.15, -0.1) is 4.83 Å². The van der Waals surface area contributed by atoms with Crippen molar-refractivity contribution in [2.24, 2.45) is 0 Å². The Labute approximate surface area is 268 Å². The van der Waals surface area contributed by atoms with E-state index >= 15 is 0 Å². The van der Waals surface area contributed by atoms with E-state index in [1.807, 2.05) is 47.3 Å². The van der Waals surface area contributed by atoms with Crippen molar-refractivity contribution in [3.05, 3.63) is 71.3 Å². The minimum atomic E-state index is -3.73. The zero-order valence-electron chi connectivity index (χ0n) is 24.1. The van der Waals surface area contributed by atoms with E-state index in [2.05, 4.69) is 73.7 Å². The number of aromatic amines is 2. The van der Waals surface area contributed by atoms with Gasteiger partial charge < -0.3 is 9.97 Å². The first-order valence-corrected chi connectivity index (χ1v) is 16.7. The maximum atomic E-state index is 10.4. The van der Waals surface area contributed by atoms with Crippen molar-refractivity contribution in [1.29, 1.82) is 0 Å². The van der Waals surface area contributed by atoms with E-state index in [4.69, 9.17) is 10.7 Å². The molecule has 3 aromatic rings. The van der Waals surface area contributed by atoms with Crippen LogP contribution in [-0.2, 0) is 26.3 Å². The van der Waals surface area contributed by atoms with Gasteiger partial charge in [0.25, 0.3) is 0 Å². The number of aromatic nitrogens is 4. The molecule has 13 heteroatoms. The predicted octanol–water partition coefficient (Wildman–Crippen LogP) is 6.37. The summed E-state index contributed by atoms with van der Waals surface area (Å²) in [6.07, 6.45) is 18.1. The zero-order chi connectivity index (χ0) is 29.6. The Kier molecular flexibility index (Phi) is 14.6. The number of hydrazine groups is 3. The molecule has 5 rings (SSSR count). The number of rotatable bonds is 13. The summed E-state index contributed by atoms with van der Waals surface area (Å²) in [5, 5.41) is 0. The van der Waals surface area contributed by atoms with E-state index < -0.39 is 9.24 Å². The van der Waals surface area contributed by atoms with Gasteiger partial charge in [0, 0.05) is 56.4 Å². The first kappa shape index (κ1) is 34.7. The van der Waals surface area contributed by atoms with Crippen LogP contribution in [0.1, 0.15) is 81.1 Å². The van der Waals surface area contributed by atoms with Gasteiger partial charge in [0.05, 0.1) is 22.8 Å². The van der Waals surface area contributed by atoms with Crippen molar-refractivity contribution in [1.82, 2.24) is 41.3 Å².